The Labute approximate surface area is 195 Å². The van der Waals surface area contributed by atoms with Gasteiger partial charge >= 0.3 is 0 Å². The third-order valence-electron chi connectivity index (χ3n) is 5.01. The van der Waals surface area contributed by atoms with E-state index in [9.17, 15) is 18.4 Å². The zero-order valence-electron chi connectivity index (χ0n) is 18.4. The van der Waals surface area contributed by atoms with Crippen molar-refractivity contribution in [1.29, 1.82) is 0 Å². The third kappa shape index (κ3) is 7.04. The maximum absolute atomic E-state index is 13.4. The second kappa shape index (κ2) is 12.4. The quantitative estimate of drug-likeness (QED) is 0.218. The topological polar surface area (TPSA) is 107 Å². The van der Waals surface area contributed by atoms with Gasteiger partial charge in [0.1, 0.15) is 11.6 Å². The standard InChI is InChI=1S/C24H25F2N5O3/c25-18-6-10-20(11-7-18)31(21-12-8-19(26)9-13-21)24-28-15-17(16-29-24)23(33)27-14-4-2-1-3-5-22(32)30-34/h6-13,15-16,34H,1-5,14H2,(H,27,33)(H,30,32). The van der Waals surface area contributed by atoms with Crippen molar-refractivity contribution in [3.05, 3.63) is 78.1 Å². The Kier molecular flexibility index (Phi) is 8.98. The molecule has 1 heterocycles. The lowest BCUT2D eigenvalue weighted by Crippen LogP contribution is -2.25. The van der Waals surface area contributed by atoms with Crippen LogP contribution >= 0.6 is 0 Å². The van der Waals surface area contributed by atoms with Crippen LogP contribution in [0.15, 0.2) is 60.9 Å². The Hall–Kier alpha value is -3.92. The summed E-state index contributed by atoms with van der Waals surface area (Å²) in [5.74, 6) is -1.28. The largest absolute Gasteiger partial charge is 0.352 e. The van der Waals surface area contributed by atoms with Crippen LogP contribution in [0.1, 0.15) is 42.5 Å². The summed E-state index contributed by atoms with van der Waals surface area (Å²) < 4.78 is 26.8. The van der Waals surface area contributed by atoms with Crippen LogP contribution in [0.2, 0.25) is 0 Å². The lowest BCUT2D eigenvalue weighted by Gasteiger charge is -2.23. The van der Waals surface area contributed by atoms with Crippen LogP contribution < -0.4 is 15.7 Å². The van der Waals surface area contributed by atoms with Gasteiger partial charge in [-0.3, -0.25) is 19.7 Å². The summed E-state index contributed by atoms with van der Waals surface area (Å²) in [4.78, 5) is 33.5. The second-order valence-corrected chi connectivity index (χ2v) is 7.52. The van der Waals surface area contributed by atoms with Gasteiger partial charge in [0.15, 0.2) is 0 Å². The molecule has 1 aromatic heterocycles. The lowest BCUT2D eigenvalue weighted by atomic mass is 10.1. The van der Waals surface area contributed by atoms with E-state index in [1.165, 1.54) is 36.7 Å². The first-order valence-corrected chi connectivity index (χ1v) is 10.8. The molecule has 8 nitrogen and oxygen atoms in total. The summed E-state index contributed by atoms with van der Waals surface area (Å²) in [6.07, 6.45) is 6.10. The first-order chi connectivity index (χ1) is 16.5. The number of amides is 2. The van der Waals surface area contributed by atoms with Gasteiger partial charge in [-0.25, -0.2) is 24.2 Å². The summed E-state index contributed by atoms with van der Waals surface area (Å²) >= 11 is 0. The minimum absolute atomic E-state index is 0.238. The number of nitrogens with one attached hydrogen (secondary N) is 2. The normalized spacial score (nSPS) is 10.6. The number of hydroxylamine groups is 1. The van der Waals surface area contributed by atoms with Crippen molar-refractivity contribution in [2.75, 3.05) is 11.4 Å². The zero-order chi connectivity index (χ0) is 24.3. The minimum atomic E-state index is -0.408. The fourth-order valence-electron chi connectivity index (χ4n) is 3.24. The minimum Gasteiger partial charge on any atom is -0.352 e. The molecule has 0 aliphatic rings. The van der Waals surface area contributed by atoms with E-state index in [1.54, 1.807) is 34.6 Å². The molecule has 0 spiro atoms. The molecule has 0 aliphatic heterocycles. The van der Waals surface area contributed by atoms with Gasteiger partial charge in [-0.2, -0.15) is 0 Å². The Morgan fingerprint density at radius 3 is 1.88 bits per heavy atom. The van der Waals surface area contributed by atoms with E-state index < -0.39 is 17.5 Å². The van der Waals surface area contributed by atoms with Gasteiger partial charge < -0.3 is 5.32 Å². The van der Waals surface area contributed by atoms with Gasteiger partial charge in [-0.15, -0.1) is 0 Å². The van der Waals surface area contributed by atoms with E-state index in [0.29, 0.717) is 24.3 Å². The number of aromatic nitrogens is 2. The van der Waals surface area contributed by atoms with Crippen molar-refractivity contribution in [3.63, 3.8) is 0 Å². The lowest BCUT2D eigenvalue weighted by molar-refractivity contribution is -0.129. The van der Waals surface area contributed by atoms with E-state index in [-0.39, 0.29) is 23.8 Å². The number of anilines is 3. The van der Waals surface area contributed by atoms with Crippen LogP contribution in [0, 0.1) is 11.6 Å². The van der Waals surface area contributed by atoms with Crippen LogP contribution in [-0.4, -0.2) is 33.5 Å². The molecule has 0 radical (unpaired) electrons. The van der Waals surface area contributed by atoms with Crippen molar-refractivity contribution < 1.29 is 23.6 Å². The number of rotatable bonds is 11. The molecule has 0 fully saturated rings. The van der Waals surface area contributed by atoms with Crippen molar-refractivity contribution in [3.8, 4) is 0 Å². The molecular formula is C24H25F2N5O3. The number of carbonyl (C=O) groups is 2. The first-order valence-electron chi connectivity index (χ1n) is 10.8. The Bertz CT molecular complexity index is 1030. The summed E-state index contributed by atoms with van der Waals surface area (Å²) in [6, 6.07) is 11.4. The average Bonchev–Trinajstić information content (AvgIpc) is 2.86. The number of nitrogens with zero attached hydrogens (tertiary/aromatic N) is 3. The van der Waals surface area contributed by atoms with Crippen molar-refractivity contribution in [2.24, 2.45) is 0 Å². The second-order valence-electron chi connectivity index (χ2n) is 7.52. The summed E-state index contributed by atoms with van der Waals surface area (Å²) in [5.41, 5.74) is 3.01. The molecular weight excluding hydrogens is 444 g/mol. The maximum Gasteiger partial charge on any atom is 0.254 e. The molecule has 3 aromatic rings. The molecule has 34 heavy (non-hydrogen) atoms. The highest BCUT2D eigenvalue weighted by Crippen LogP contribution is 2.31. The molecule has 0 saturated heterocycles. The van der Waals surface area contributed by atoms with E-state index in [4.69, 9.17) is 5.21 Å². The molecule has 3 N–H and O–H groups in total. The van der Waals surface area contributed by atoms with Gasteiger partial charge in [0.05, 0.1) is 5.56 Å². The average molecular weight is 469 g/mol. The van der Waals surface area contributed by atoms with Gasteiger partial charge in [-0.05, 0) is 61.4 Å². The number of unbranched alkanes of at least 4 members (excludes halogenated alkanes) is 3. The summed E-state index contributed by atoms with van der Waals surface area (Å²) in [6.45, 7) is 0.462. The fourth-order valence-corrected chi connectivity index (χ4v) is 3.24. The number of carbonyl (C=O) groups excluding carboxylic acids is 2. The zero-order valence-corrected chi connectivity index (χ0v) is 18.4. The molecule has 178 valence electrons. The number of hydrogen-bond acceptors (Lipinski definition) is 6. The molecule has 0 bridgehead atoms. The van der Waals surface area contributed by atoms with Crippen LogP contribution in [-0.2, 0) is 4.79 Å². The number of halogens is 2. The smallest absolute Gasteiger partial charge is 0.254 e. The molecule has 0 saturated carbocycles. The number of benzene rings is 2. The number of hydrogen-bond donors (Lipinski definition) is 3. The SMILES string of the molecule is O=C(CCCCCCNC(=O)c1cnc(N(c2ccc(F)cc2)c2ccc(F)cc2)nc1)NO. The highest BCUT2D eigenvalue weighted by molar-refractivity contribution is 5.93. The van der Waals surface area contributed by atoms with Gasteiger partial charge in [0, 0.05) is 36.7 Å². The predicted molar refractivity (Wildman–Crippen MR) is 122 cm³/mol. The van der Waals surface area contributed by atoms with E-state index in [2.05, 4.69) is 15.3 Å². The van der Waals surface area contributed by atoms with Gasteiger partial charge in [0.2, 0.25) is 11.9 Å². The van der Waals surface area contributed by atoms with Crippen molar-refractivity contribution >= 4 is 29.1 Å². The molecule has 0 unspecified atom stereocenters. The van der Waals surface area contributed by atoms with E-state index >= 15 is 0 Å². The molecule has 2 amide bonds. The Morgan fingerprint density at radius 1 is 0.824 bits per heavy atom. The summed E-state index contributed by atoms with van der Waals surface area (Å²) in [5, 5.41) is 11.2. The fraction of sp³-hybridized carbons (Fsp3) is 0.250. The molecule has 10 heteroatoms. The predicted octanol–water partition coefficient (Wildman–Crippen LogP) is 4.41. The van der Waals surface area contributed by atoms with Gasteiger partial charge in [-0.1, -0.05) is 12.8 Å². The van der Waals surface area contributed by atoms with Crippen molar-refractivity contribution in [1.82, 2.24) is 20.8 Å². The summed E-state index contributed by atoms with van der Waals surface area (Å²) in [7, 11) is 0. The highest BCUT2D eigenvalue weighted by atomic mass is 19.1. The van der Waals surface area contributed by atoms with Crippen LogP contribution in [0.4, 0.5) is 26.1 Å². The monoisotopic (exact) mass is 469 g/mol. The molecule has 3 rings (SSSR count). The van der Waals surface area contributed by atoms with Crippen LogP contribution in [0.3, 0.4) is 0 Å². The molecule has 2 aromatic carbocycles. The van der Waals surface area contributed by atoms with Crippen LogP contribution in [0.25, 0.3) is 0 Å². The molecule has 0 atom stereocenters. The highest BCUT2D eigenvalue weighted by Gasteiger charge is 2.16. The van der Waals surface area contributed by atoms with Gasteiger partial charge in [0.25, 0.3) is 5.91 Å². The van der Waals surface area contributed by atoms with E-state index in [0.717, 1.165) is 19.3 Å². The van der Waals surface area contributed by atoms with Crippen molar-refractivity contribution in [2.45, 2.75) is 32.1 Å². The van der Waals surface area contributed by atoms with Crippen LogP contribution in [0.5, 0.6) is 0 Å². The Morgan fingerprint density at radius 2 is 1.35 bits per heavy atom. The first kappa shape index (κ1) is 24.7. The Balaban J connectivity index is 1.61. The maximum atomic E-state index is 13.4. The van der Waals surface area contributed by atoms with E-state index in [1.807, 2.05) is 0 Å². The third-order valence-corrected chi connectivity index (χ3v) is 5.01. The molecule has 0 aliphatic carbocycles.